The van der Waals surface area contributed by atoms with Gasteiger partial charge >= 0.3 is 5.97 Å². The molecule has 26 heavy (non-hydrogen) atoms. The minimum Gasteiger partial charge on any atom is -0.464 e. The molecule has 0 radical (unpaired) electrons. The van der Waals surface area contributed by atoms with Crippen molar-refractivity contribution in [1.29, 1.82) is 0 Å². The van der Waals surface area contributed by atoms with Crippen molar-refractivity contribution in [3.63, 3.8) is 0 Å². The molecule has 1 atom stereocenters. The number of ketones is 1. The Kier molecular flexibility index (Phi) is 5.86. The van der Waals surface area contributed by atoms with Crippen LogP contribution in [0.5, 0.6) is 0 Å². The first-order valence-corrected chi connectivity index (χ1v) is 9.41. The van der Waals surface area contributed by atoms with Crippen LogP contribution >= 0.6 is 0 Å². The Morgan fingerprint density at radius 1 is 1.12 bits per heavy atom. The number of fused-ring (bicyclic) bond motifs is 1. The van der Waals surface area contributed by atoms with Crippen molar-refractivity contribution in [2.75, 3.05) is 13.2 Å². The van der Waals surface area contributed by atoms with Crippen LogP contribution in [-0.2, 0) is 27.2 Å². The molecule has 2 aliphatic rings. The van der Waals surface area contributed by atoms with E-state index in [0.717, 1.165) is 25.7 Å². The number of carbonyl (C=O) groups is 3. The fourth-order valence-electron chi connectivity index (χ4n) is 3.74. The van der Waals surface area contributed by atoms with Gasteiger partial charge in [0.1, 0.15) is 6.04 Å². The maximum atomic E-state index is 12.4. The van der Waals surface area contributed by atoms with E-state index in [2.05, 4.69) is 0 Å². The number of hydrogen-bond donors (Lipinski definition) is 0. The minimum absolute atomic E-state index is 0.182. The molecule has 138 valence electrons. The van der Waals surface area contributed by atoms with Crippen molar-refractivity contribution >= 4 is 17.7 Å². The monoisotopic (exact) mass is 355 g/mol. The van der Waals surface area contributed by atoms with Gasteiger partial charge < -0.3 is 9.64 Å². The van der Waals surface area contributed by atoms with Crippen molar-refractivity contribution in [2.45, 2.75) is 51.5 Å². The van der Waals surface area contributed by atoms with Crippen LogP contribution in [0.3, 0.4) is 0 Å². The van der Waals surface area contributed by atoms with Crippen LogP contribution in [-0.4, -0.2) is 41.8 Å². The highest BCUT2D eigenvalue weighted by atomic mass is 16.5. The summed E-state index contributed by atoms with van der Waals surface area (Å²) >= 11 is 0. The standard InChI is InChI=1S/C21H25NO4/c1-2-26-21(25)18-8-5-13-22(18)20(24)12-11-19(23)17-10-9-15-6-3-4-7-16(15)14-17/h9-12,14,18H,2-8,13H2,1H3/b12-11+/t18-/m0/s1. The van der Waals surface area contributed by atoms with Crippen molar-refractivity contribution in [3.8, 4) is 0 Å². The molecular formula is C21H25NO4. The molecule has 1 amide bonds. The Balaban J connectivity index is 1.66. The smallest absolute Gasteiger partial charge is 0.328 e. The fraction of sp³-hybridized carbons (Fsp3) is 0.476. The number of rotatable bonds is 5. The van der Waals surface area contributed by atoms with E-state index in [1.807, 2.05) is 18.2 Å². The summed E-state index contributed by atoms with van der Waals surface area (Å²) in [6.07, 6.45) is 8.40. The Bertz CT molecular complexity index is 738. The van der Waals surface area contributed by atoms with Crippen molar-refractivity contribution in [1.82, 2.24) is 4.90 Å². The second-order valence-corrected chi connectivity index (χ2v) is 6.83. The summed E-state index contributed by atoms with van der Waals surface area (Å²) in [6, 6.07) is 5.27. The van der Waals surface area contributed by atoms with Gasteiger partial charge in [0, 0.05) is 18.2 Å². The third-order valence-corrected chi connectivity index (χ3v) is 5.10. The summed E-state index contributed by atoms with van der Waals surface area (Å²) in [5, 5.41) is 0. The maximum Gasteiger partial charge on any atom is 0.328 e. The number of ether oxygens (including phenoxy) is 1. The average molecular weight is 355 g/mol. The third-order valence-electron chi connectivity index (χ3n) is 5.10. The van der Waals surface area contributed by atoms with Crippen LogP contribution < -0.4 is 0 Å². The predicted molar refractivity (Wildman–Crippen MR) is 97.9 cm³/mol. The Morgan fingerprint density at radius 2 is 1.88 bits per heavy atom. The molecule has 1 aliphatic carbocycles. The molecule has 0 unspecified atom stereocenters. The molecule has 0 spiro atoms. The van der Waals surface area contributed by atoms with Crippen molar-refractivity contribution in [3.05, 3.63) is 47.0 Å². The van der Waals surface area contributed by atoms with E-state index in [1.165, 1.54) is 34.6 Å². The van der Waals surface area contributed by atoms with Gasteiger partial charge in [0.05, 0.1) is 6.61 Å². The topological polar surface area (TPSA) is 63.7 Å². The number of nitrogens with zero attached hydrogens (tertiary/aromatic N) is 1. The Labute approximate surface area is 154 Å². The number of amides is 1. The molecule has 5 heteroatoms. The lowest BCUT2D eigenvalue weighted by atomic mass is 9.90. The van der Waals surface area contributed by atoms with E-state index in [1.54, 1.807) is 6.92 Å². The Morgan fingerprint density at radius 3 is 2.65 bits per heavy atom. The fourth-order valence-corrected chi connectivity index (χ4v) is 3.74. The number of esters is 1. The number of allylic oxidation sites excluding steroid dienone is 1. The molecule has 0 saturated carbocycles. The first-order valence-electron chi connectivity index (χ1n) is 9.41. The zero-order valence-corrected chi connectivity index (χ0v) is 15.2. The van der Waals surface area contributed by atoms with E-state index in [0.29, 0.717) is 25.1 Å². The van der Waals surface area contributed by atoms with E-state index in [4.69, 9.17) is 4.74 Å². The summed E-state index contributed by atoms with van der Waals surface area (Å²) in [5.41, 5.74) is 3.17. The molecule has 1 heterocycles. The highest BCUT2D eigenvalue weighted by Gasteiger charge is 2.34. The van der Waals surface area contributed by atoms with Crippen LogP contribution in [0.2, 0.25) is 0 Å². The summed E-state index contributed by atoms with van der Waals surface area (Å²) in [7, 11) is 0. The molecule has 3 rings (SSSR count). The molecule has 1 aromatic carbocycles. The molecule has 0 bridgehead atoms. The van der Waals surface area contributed by atoms with E-state index < -0.39 is 6.04 Å². The zero-order valence-electron chi connectivity index (χ0n) is 15.2. The van der Waals surface area contributed by atoms with Crippen LogP contribution in [0.4, 0.5) is 0 Å². The first-order chi connectivity index (χ1) is 12.6. The number of benzene rings is 1. The highest BCUT2D eigenvalue weighted by Crippen LogP contribution is 2.23. The van der Waals surface area contributed by atoms with Gasteiger partial charge in [-0.2, -0.15) is 0 Å². The largest absolute Gasteiger partial charge is 0.464 e. The van der Waals surface area contributed by atoms with E-state index in [9.17, 15) is 14.4 Å². The maximum absolute atomic E-state index is 12.4. The van der Waals surface area contributed by atoms with Gasteiger partial charge in [-0.05, 0) is 68.7 Å². The van der Waals surface area contributed by atoms with E-state index >= 15 is 0 Å². The summed E-state index contributed by atoms with van der Waals surface area (Å²) < 4.78 is 5.03. The molecule has 1 aromatic rings. The molecule has 1 fully saturated rings. The van der Waals surface area contributed by atoms with Crippen LogP contribution in [0.25, 0.3) is 0 Å². The average Bonchev–Trinajstić information content (AvgIpc) is 3.15. The second kappa shape index (κ2) is 8.30. The quantitative estimate of drug-likeness (QED) is 0.463. The first kappa shape index (κ1) is 18.4. The van der Waals surface area contributed by atoms with E-state index in [-0.39, 0.29) is 17.7 Å². The molecule has 1 saturated heterocycles. The number of carbonyl (C=O) groups excluding carboxylic acids is 3. The molecular weight excluding hydrogens is 330 g/mol. The van der Waals surface area contributed by atoms with Crippen LogP contribution in [0.15, 0.2) is 30.4 Å². The van der Waals surface area contributed by atoms with Gasteiger partial charge in [0.25, 0.3) is 0 Å². The molecule has 0 N–H and O–H groups in total. The minimum atomic E-state index is -0.536. The number of hydrogen-bond acceptors (Lipinski definition) is 4. The van der Waals surface area contributed by atoms with Gasteiger partial charge in [-0.3, -0.25) is 9.59 Å². The molecule has 1 aliphatic heterocycles. The lowest BCUT2D eigenvalue weighted by molar-refractivity contribution is -0.151. The van der Waals surface area contributed by atoms with Gasteiger partial charge in [0.2, 0.25) is 5.91 Å². The Hall–Kier alpha value is -2.43. The lowest BCUT2D eigenvalue weighted by Gasteiger charge is -2.21. The molecule has 5 nitrogen and oxygen atoms in total. The van der Waals surface area contributed by atoms with Gasteiger partial charge in [-0.1, -0.05) is 12.1 Å². The van der Waals surface area contributed by atoms with Crippen molar-refractivity contribution in [2.24, 2.45) is 0 Å². The van der Waals surface area contributed by atoms with Gasteiger partial charge in [0.15, 0.2) is 5.78 Å². The summed E-state index contributed by atoms with van der Waals surface area (Å²) in [5.74, 6) is -0.863. The number of likely N-dealkylation sites (tertiary alicyclic amines) is 1. The van der Waals surface area contributed by atoms with Crippen LogP contribution in [0.1, 0.15) is 54.1 Å². The normalized spacial score (nSPS) is 19.4. The highest BCUT2D eigenvalue weighted by molar-refractivity contribution is 6.08. The summed E-state index contributed by atoms with van der Waals surface area (Å²) in [6.45, 7) is 2.56. The second-order valence-electron chi connectivity index (χ2n) is 6.83. The van der Waals surface area contributed by atoms with Gasteiger partial charge in [-0.25, -0.2) is 4.79 Å². The van der Waals surface area contributed by atoms with Gasteiger partial charge in [-0.15, -0.1) is 0 Å². The predicted octanol–water partition coefficient (Wildman–Crippen LogP) is 2.86. The van der Waals surface area contributed by atoms with Crippen LogP contribution in [0, 0.1) is 0 Å². The molecule has 0 aromatic heterocycles. The lowest BCUT2D eigenvalue weighted by Crippen LogP contribution is -2.40. The zero-order chi connectivity index (χ0) is 18.5. The summed E-state index contributed by atoms with van der Waals surface area (Å²) in [4.78, 5) is 38.3. The van der Waals surface area contributed by atoms with Crippen molar-refractivity contribution < 1.29 is 19.1 Å². The SMILES string of the molecule is CCOC(=O)[C@@H]1CCCN1C(=O)/C=C/C(=O)c1ccc2c(c1)CCCC2. The number of aryl methyl sites for hydroxylation is 2. The third kappa shape index (κ3) is 4.03.